The van der Waals surface area contributed by atoms with Gasteiger partial charge in [-0.25, -0.2) is 22.5 Å². The zero-order valence-electron chi connectivity index (χ0n) is 13.7. The second kappa shape index (κ2) is 5.86. The molecule has 1 N–H and O–H groups in total. The smallest absolute Gasteiger partial charge is 0.330 e. The first-order valence-electron chi connectivity index (χ1n) is 7.94. The normalized spacial score (nSPS) is 19.0. The Labute approximate surface area is 141 Å². The number of nitrogens with zero attached hydrogens (tertiary/aromatic N) is 3. The Bertz CT molecular complexity index is 864. The van der Waals surface area contributed by atoms with Crippen molar-refractivity contribution in [3.8, 4) is 0 Å². The van der Waals surface area contributed by atoms with Gasteiger partial charge in [0.05, 0.1) is 22.6 Å². The van der Waals surface area contributed by atoms with Gasteiger partial charge in [-0.1, -0.05) is 12.1 Å². The van der Waals surface area contributed by atoms with Crippen LogP contribution in [-0.4, -0.2) is 51.7 Å². The molecule has 1 saturated heterocycles. The van der Waals surface area contributed by atoms with Crippen molar-refractivity contribution in [3.63, 3.8) is 0 Å². The molecular formula is C16H21N3O4S. The first-order valence-corrected chi connectivity index (χ1v) is 9.44. The van der Waals surface area contributed by atoms with Crippen LogP contribution in [0.5, 0.6) is 0 Å². The lowest BCUT2D eigenvalue weighted by molar-refractivity contribution is -0.149. The van der Waals surface area contributed by atoms with E-state index in [9.17, 15) is 18.3 Å². The number of imidazole rings is 1. The Kier molecular flexibility index (Phi) is 4.13. The predicted octanol–water partition coefficient (Wildman–Crippen LogP) is 1.65. The van der Waals surface area contributed by atoms with Gasteiger partial charge < -0.3 is 9.67 Å². The second-order valence-corrected chi connectivity index (χ2v) is 8.92. The van der Waals surface area contributed by atoms with Crippen LogP contribution in [0.25, 0.3) is 11.0 Å². The van der Waals surface area contributed by atoms with Gasteiger partial charge in [-0.15, -0.1) is 0 Å². The second-order valence-electron chi connectivity index (χ2n) is 6.43. The minimum Gasteiger partial charge on any atom is -0.479 e. The number of carboxylic acid groups (broad SMARTS) is 1. The number of hydrogen-bond donors (Lipinski definition) is 1. The summed E-state index contributed by atoms with van der Waals surface area (Å²) >= 11 is 0. The quantitative estimate of drug-likeness (QED) is 0.904. The first-order chi connectivity index (χ1) is 11.3. The summed E-state index contributed by atoms with van der Waals surface area (Å²) in [7, 11) is -3.37. The lowest BCUT2D eigenvalue weighted by Crippen LogP contribution is -2.53. The number of aliphatic carboxylic acids is 1. The average Bonchev–Trinajstić information content (AvgIpc) is 2.99. The Morgan fingerprint density at radius 1 is 1.25 bits per heavy atom. The van der Waals surface area contributed by atoms with E-state index in [4.69, 9.17) is 0 Å². The maximum absolute atomic E-state index is 12.3. The molecule has 24 heavy (non-hydrogen) atoms. The summed E-state index contributed by atoms with van der Waals surface area (Å²) in [4.78, 5) is 16.4. The Balaban J connectivity index is 1.97. The topological polar surface area (TPSA) is 92.5 Å². The van der Waals surface area contributed by atoms with E-state index in [0.29, 0.717) is 0 Å². The Hall–Kier alpha value is -1.93. The summed E-state index contributed by atoms with van der Waals surface area (Å²) in [5.41, 5.74) is 0.314. The number of rotatable bonds is 4. The summed E-state index contributed by atoms with van der Waals surface area (Å²) in [6, 6.07) is 7.36. The van der Waals surface area contributed by atoms with Gasteiger partial charge in [0, 0.05) is 13.1 Å². The van der Waals surface area contributed by atoms with Crippen molar-refractivity contribution >= 4 is 27.0 Å². The zero-order chi connectivity index (χ0) is 17.5. The molecule has 1 aromatic carbocycles. The number of fused-ring (bicyclic) bond motifs is 1. The lowest BCUT2D eigenvalue weighted by Gasteiger charge is -2.39. The van der Waals surface area contributed by atoms with Crippen molar-refractivity contribution in [3.05, 3.63) is 30.6 Å². The van der Waals surface area contributed by atoms with Crippen molar-refractivity contribution in [2.75, 3.05) is 13.1 Å². The molecule has 0 atom stereocenters. The van der Waals surface area contributed by atoms with E-state index in [0.717, 1.165) is 11.0 Å². The van der Waals surface area contributed by atoms with Crippen molar-refractivity contribution in [1.29, 1.82) is 0 Å². The fourth-order valence-corrected chi connectivity index (χ4v) is 4.55. The van der Waals surface area contributed by atoms with Crippen molar-refractivity contribution in [2.45, 2.75) is 37.5 Å². The van der Waals surface area contributed by atoms with Crippen LogP contribution in [-0.2, 0) is 20.4 Å². The van der Waals surface area contributed by atoms with Crippen molar-refractivity contribution in [2.24, 2.45) is 0 Å². The van der Waals surface area contributed by atoms with Gasteiger partial charge in [0.2, 0.25) is 10.0 Å². The van der Waals surface area contributed by atoms with Crippen LogP contribution in [0.4, 0.5) is 0 Å². The lowest BCUT2D eigenvalue weighted by atomic mass is 9.88. The number of para-hydroxylation sites is 2. The number of aromatic nitrogens is 2. The summed E-state index contributed by atoms with van der Waals surface area (Å²) in [6.07, 6.45) is 1.98. The minimum atomic E-state index is -3.37. The van der Waals surface area contributed by atoms with Crippen molar-refractivity contribution < 1.29 is 18.3 Å². The third-order valence-corrected chi connectivity index (χ3v) is 7.09. The van der Waals surface area contributed by atoms with E-state index in [2.05, 4.69) is 4.98 Å². The van der Waals surface area contributed by atoms with Crippen LogP contribution in [0.1, 0.15) is 26.7 Å². The fraction of sp³-hybridized carbons (Fsp3) is 0.500. The summed E-state index contributed by atoms with van der Waals surface area (Å²) in [6.45, 7) is 3.66. The molecule has 8 heteroatoms. The van der Waals surface area contributed by atoms with Gasteiger partial charge >= 0.3 is 5.97 Å². The number of carbonyl (C=O) groups is 1. The molecule has 0 saturated carbocycles. The van der Waals surface area contributed by atoms with Gasteiger partial charge in [-0.05, 0) is 38.8 Å². The Morgan fingerprint density at radius 2 is 1.88 bits per heavy atom. The maximum Gasteiger partial charge on any atom is 0.330 e. The van der Waals surface area contributed by atoms with E-state index in [-0.39, 0.29) is 25.9 Å². The molecule has 1 fully saturated rings. The standard InChI is InChI=1S/C16H21N3O4S/c1-12(2)24(22,23)18-9-7-16(8-10-18,15(20)21)19-11-17-13-5-3-4-6-14(13)19/h3-6,11-12H,7-10H2,1-2H3,(H,20,21). The van der Waals surface area contributed by atoms with Crippen LogP contribution >= 0.6 is 0 Å². The third kappa shape index (κ3) is 2.50. The highest BCUT2D eigenvalue weighted by molar-refractivity contribution is 7.89. The molecule has 0 unspecified atom stereocenters. The Morgan fingerprint density at radius 3 is 2.46 bits per heavy atom. The molecule has 1 aromatic heterocycles. The van der Waals surface area contributed by atoms with E-state index in [1.165, 1.54) is 4.31 Å². The van der Waals surface area contributed by atoms with Gasteiger partial charge in [-0.3, -0.25) is 0 Å². The maximum atomic E-state index is 12.3. The largest absolute Gasteiger partial charge is 0.479 e. The van der Waals surface area contributed by atoms with E-state index >= 15 is 0 Å². The van der Waals surface area contributed by atoms with Crippen LogP contribution < -0.4 is 0 Å². The molecular weight excluding hydrogens is 330 g/mol. The van der Waals surface area contributed by atoms with Crippen molar-refractivity contribution in [1.82, 2.24) is 13.9 Å². The highest BCUT2D eigenvalue weighted by Gasteiger charge is 2.46. The molecule has 0 bridgehead atoms. The minimum absolute atomic E-state index is 0.194. The van der Waals surface area contributed by atoms with E-state index < -0.39 is 26.8 Å². The average molecular weight is 351 g/mol. The predicted molar refractivity (Wildman–Crippen MR) is 90.2 cm³/mol. The molecule has 1 aliphatic heterocycles. The molecule has 0 radical (unpaired) electrons. The number of piperidine rings is 1. The highest BCUT2D eigenvalue weighted by Crippen LogP contribution is 2.34. The zero-order valence-corrected chi connectivity index (χ0v) is 14.5. The molecule has 7 nitrogen and oxygen atoms in total. The van der Waals surface area contributed by atoms with Crippen LogP contribution in [0, 0.1) is 0 Å². The number of carboxylic acids is 1. The highest BCUT2D eigenvalue weighted by atomic mass is 32.2. The van der Waals surface area contributed by atoms with E-state index in [1.807, 2.05) is 24.3 Å². The SMILES string of the molecule is CC(C)S(=O)(=O)N1CCC(C(=O)O)(n2cnc3ccccc32)CC1. The number of benzene rings is 1. The molecule has 3 rings (SSSR count). The van der Waals surface area contributed by atoms with Crippen LogP contribution in [0.15, 0.2) is 30.6 Å². The summed E-state index contributed by atoms with van der Waals surface area (Å²) in [5, 5.41) is 9.39. The van der Waals surface area contributed by atoms with Gasteiger partial charge in [0.1, 0.15) is 5.54 Å². The van der Waals surface area contributed by atoms with Crippen LogP contribution in [0.2, 0.25) is 0 Å². The van der Waals surface area contributed by atoms with Crippen LogP contribution in [0.3, 0.4) is 0 Å². The molecule has 2 aromatic rings. The summed E-state index contributed by atoms with van der Waals surface area (Å²) in [5.74, 6) is -0.952. The number of sulfonamides is 1. The molecule has 0 aliphatic carbocycles. The van der Waals surface area contributed by atoms with E-state index in [1.54, 1.807) is 24.7 Å². The molecule has 2 heterocycles. The monoisotopic (exact) mass is 351 g/mol. The molecule has 1 aliphatic rings. The molecule has 0 spiro atoms. The van der Waals surface area contributed by atoms with Gasteiger partial charge in [0.15, 0.2) is 0 Å². The van der Waals surface area contributed by atoms with Gasteiger partial charge in [0.25, 0.3) is 0 Å². The first kappa shape index (κ1) is 16.9. The summed E-state index contributed by atoms with van der Waals surface area (Å²) < 4.78 is 27.7. The molecule has 130 valence electrons. The molecule has 0 amide bonds. The van der Waals surface area contributed by atoms with Gasteiger partial charge in [-0.2, -0.15) is 0 Å². The number of hydrogen-bond acceptors (Lipinski definition) is 4. The third-order valence-electron chi connectivity index (χ3n) is 4.82. The fourth-order valence-electron chi connectivity index (χ4n) is 3.27.